The van der Waals surface area contributed by atoms with Gasteiger partial charge >= 0.3 is 0 Å². The van der Waals surface area contributed by atoms with E-state index in [0.29, 0.717) is 50.6 Å². The molecule has 0 spiro atoms. The van der Waals surface area contributed by atoms with Crippen molar-refractivity contribution in [3.8, 4) is 5.69 Å². The fourth-order valence-corrected chi connectivity index (χ4v) is 5.35. The van der Waals surface area contributed by atoms with Crippen LogP contribution in [0, 0.1) is 11.6 Å². The molecule has 1 aliphatic carbocycles. The Hall–Kier alpha value is -2.65. The van der Waals surface area contributed by atoms with Gasteiger partial charge in [-0.15, -0.1) is 10.2 Å². The van der Waals surface area contributed by atoms with Crippen LogP contribution in [0.3, 0.4) is 0 Å². The monoisotopic (exact) mass is 488 g/mol. The Morgan fingerprint density at radius 1 is 1.06 bits per heavy atom. The van der Waals surface area contributed by atoms with E-state index in [1.54, 1.807) is 0 Å². The third kappa shape index (κ3) is 4.05. The zero-order valence-electron chi connectivity index (χ0n) is 18.5. The summed E-state index contributed by atoms with van der Waals surface area (Å²) in [6.07, 6.45) is 3.71. The number of benzene rings is 1. The molecule has 0 N–H and O–H groups in total. The topological polar surface area (TPSA) is 50.1 Å². The lowest BCUT2D eigenvalue weighted by atomic mass is 9.95. The highest BCUT2D eigenvalue weighted by molar-refractivity contribution is 6.30. The van der Waals surface area contributed by atoms with Gasteiger partial charge in [-0.2, -0.15) is 0 Å². The Kier molecular flexibility index (Phi) is 5.29. The Morgan fingerprint density at radius 2 is 1.85 bits per heavy atom. The SMILES string of the molecule is Fc1cnc(N2CCC(c3nnc4n3-c3ccc(Cl)cc3CN(CC3(F)CC3)C4)CC2)c(F)c1. The second kappa shape index (κ2) is 8.23. The first-order chi connectivity index (χ1) is 16.4. The number of rotatable bonds is 4. The summed E-state index contributed by atoms with van der Waals surface area (Å²) in [4.78, 5) is 7.88. The summed E-state index contributed by atoms with van der Waals surface area (Å²) in [7, 11) is 0. The van der Waals surface area contributed by atoms with Gasteiger partial charge in [0.15, 0.2) is 17.5 Å². The predicted octanol–water partition coefficient (Wildman–Crippen LogP) is 4.80. The Morgan fingerprint density at radius 3 is 2.59 bits per heavy atom. The fourth-order valence-electron chi connectivity index (χ4n) is 5.15. The molecule has 0 bridgehead atoms. The molecule has 1 saturated carbocycles. The molecule has 0 atom stereocenters. The fraction of sp³-hybridized carbons (Fsp3) is 0.458. The highest BCUT2D eigenvalue weighted by Gasteiger charge is 2.45. The first-order valence-electron chi connectivity index (χ1n) is 11.6. The standard InChI is InChI=1S/C24H24ClF3N6/c25-17-1-2-20-16(9-17)12-32(14-24(28)5-6-24)13-21-30-31-22(34(20)21)15-3-7-33(8-4-15)23-19(27)10-18(26)11-29-23/h1-2,9-11,15H,3-8,12-14H2. The molecule has 2 fully saturated rings. The van der Waals surface area contributed by atoms with Crippen molar-refractivity contribution in [3.63, 3.8) is 0 Å². The van der Waals surface area contributed by atoms with E-state index in [2.05, 4.69) is 24.6 Å². The Balaban J connectivity index is 1.28. The number of nitrogens with zero attached hydrogens (tertiary/aromatic N) is 6. The summed E-state index contributed by atoms with van der Waals surface area (Å²) in [5, 5.41) is 9.70. The number of anilines is 1. The third-order valence-electron chi connectivity index (χ3n) is 7.04. The number of aromatic nitrogens is 4. The molecule has 0 radical (unpaired) electrons. The van der Waals surface area contributed by atoms with Crippen LogP contribution in [0.2, 0.25) is 5.02 Å². The van der Waals surface area contributed by atoms with Crippen molar-refractivity contribution >= 4 is 17.4 Å². The molecule has 6 nitrogen and oxygen atoms in total. The largest absolute Gasteiger partial charge is 0.354 e. The van der Waals surface area contributed by atoms with E-state index in [1.165, 1.54) is 0 Å². The van der Waals surface area contributed by atoms with E-state index in [0.717, 1.165) is 48.0 Å². The minimum atomic E-state index is -1.10. The molecule has 1 saturated heterocycles. The average molecular weight is 489 g/mol. The molecular weight excluding hydrogens is 465 g/mol. The lowest BCUT2D eigenvalue weighted by molar-refractivity contribution is 0.162. The molecule has 34 heavy (non-hydrogen) atoms. The Bertz CT molecular complexity index is 1240. The van der Waals surface area contributed by atoms with E-state index in [1.807, 2.05) is 23.1 Å². The third-order valence-corrected chi connectivity index (χ3v) is 7.28. The van der Waals surface area contributed by atoms with Gasteiger partial charge in [0.1, 0.15) is 17.3 Å². The molecule has 0 amide bonds. The Labute approximate surface area is 200 Å². The predicted molar refractivity (Wildman–Crippen MR) is 122 cm³/mol. The quantitative estimate of drug-likeness (QED) is 0.528. The summed E-state index contributed by atoms with van der Waals surface area (Å²) in [6.45, 7) is 2.63. The second-order valence-electron chi connectivity index (χ2n) is 9.60. The number of halogens is 4. The van der Waals surface area contributed by atoms with Crippen LogP contribution >= 0.6 is 11.6 Å². The van der Waals surface area contributed by atoms with Crippen LogP contribution in [0.1, 0.15) is 48.8 Å². The van der Waals surface area contributed by atoms with Crippen LogP contribution < -0.4 is 4.90 Å². The van der Waals surface area contributed by atoms with Crippen LogP contribution in [0.4, 0.5) is 19.0 Å². The molecule has 2 aliphatic heterocycles. The number of piperidine rings is 1. The molecule has 1 aromatic carbocycles. The highest BCUT2D eigenvalue weighted by Crippen LogP contribution is 2.42. The van der Waals surface area contributed by atoms with Gasteiger partial charge in [0.05, 0.1) is 18.4 Å². The van der Waals surface area contributed by atoms with Crippen molar-refractivity contribution in [2.45, 2.75) is 50.4 Å². The van der Waals surface area contributed by atoms with Crippen LogP contribution in [-0.4, -0.2) is 50.0 Å². The number of alkyl halides is 1. The van der Waals surface area contributed by atoms with Gasteiger partial charge in [-0.3, -0.25) is 9.47 Å². The summed E-state index contributed by atoms with van der Waals surface area (Å²) in [5.74, 6) is 0.600. The summed E-state index contributed by atoms with van der Waals surface area (Å²) < 4.78 is 44.2. The van der Waals surface area contributed by atoms with Crippen LogP contribution in [0.25, 0.3) is 5.69 Å². The van der Waals surface area contributed by atoms with E-state index < -0.39 is 17.3 Å². The van der Waals surface area contributed by atoms with Gasteiger partial charge in [-0.25, -0.2) is 18.2 Å². The second-order valence-corrected chi connectivity index (χ2v) is 10.0. The summed E-state index contributed by atoms with van der Waals surface area (Å²) >= 11 is 6.31. The minimum absolute atomic E-state index is 0.118. The van der Waals surface area contributed by atoms with Gasteiger partial charge < -0.3 is 4.90 Å². The average Bonchev–Trinajstić information content (AvgIpc) is 3.42. The van der Waals surface area contributed by atoms with Crippen molar-refractivity contribution < 1.29 is 13.2 Å². The smallest absolute Gasteiger partial charge is 0.168 e. The molecule has 6 rings (SSSR count). The van der Waals surface area contributed by atoms with Gasteiger partial charge in [0.2, 0.25) is 0 Å². The van der Waals surface area contributed by atoms with Crippen molar-refractivity contribution in [1.29, 1.82) is 0 Å². The van der Waals surface area contributed by atoms with Crippen LogP contribution in [-0.2, 0) is 13.1 Å². The highest BCUT2D eigenvalue weighted by atomic mass is 35.5. The molecule has 4 heterocycles. The molecule has 3 aliphatic rings. The first-order valence-corrected chi connectivity index (χ1v) is 12.0. The maximum Gasteiger partial charge on any atom is 0.168 e. The number of hydrogen-bond acceptors (Lipinski definition) is 5. The van der Waals surface area contributed by atoms with Crippen molar-refractivity contribution in [2.75, 3.05) is 24.5 Å². The van der Waals surface area contributed by atoms with Crippen LogP contribution in [0.5, 0.6) is 0 Å². The van der Waals surface area contributed by atoms with Crippen molar-refractivity contribution in [2.24, 2.45) is 0 Å². The van der Waals surface area contributed by atoms with Gasteiger partial charge in [0, 0.05) is 43.2 Å². The van der Waals surface area contributed by atoms with Gasteiger partial charge in [0.25, 0.3) is 0 Å². The maximum atomic E-state index is 14.6. The van der Waals surface area contributed by atoms with Gasteiger partial charge in [-0.1, -0.05) is 11.6 Å². The van der Waals surface area contributed by atoms with E-state index in [9.17, 15) is 13.2 Å². The number of pyridine rings is 1. The van der Waals surface area contributed by atoms with E-state index in [4.69, 9.17) is 11.6 Å². The first kappa shape index (κ1) is 21.9. The lowest BCUT2D eigenvalue weighted by Crippen LogP contribution is -2.35. The normalized spacial score (nSPS) is 20.1. The molecular formula is C24H24ClF3N6. The molecule has 0 unspecified atom stereocenters. The minimum Gasteiger partial charge on any atom is -0.354 e. The van der Waals surface area contributed by atoms with Crippen molar-refractivity contribution in [1.82, 2.24) is 24.6 Å². The molecule has 3 aromatic rings. The lowest BCUT2D eigenvalue weighted by Gasteiger charge is -2.32. The van der Waals surface area contributed by atoms with Gasteiger partial charge in [-0.05, 0) is 49.4 Å². The number of hydrogen-bond donors (Lipinski definition) is 0. The zero-order valence-corrected chi connectivity index (χ0v) is 19.3. The molecule has 10 heteroatoms. The molecule has 2 aromatic heterocycles. The summed E-state index contributed by atoms with van der Waals surface area (Å²) in [6, 6.07) is 6.63. The maximum absolute atomic E-state index is 14.6. The van der Waals surface area contributed by atoms with Crippen molar-refractivity contribution in [3.05, 3.63) is 64.3 Å². The van der Waals surface area contributed by atoms with E-state index in [-0.39, 0.29) is 11.7 Å². The molecule has 178 valence electrons. The number of fused-ring (bicyclic) bond motifs is 3. The van der Waals surface area contributed by atoms with Crippen LogP contribution in [0.15, 0.2) is 30.5 Å². The van der Waals surface area contributed by atoms with E-state index >= 15 is 0 Å². The summed E-state index contributed by atoms with van der Waals surface area (Å²) in [5.41, 5.74) is 0.888. The zero-order chi connectivity index (χ0) is 23.4.